The summed E-state index contributed by atoms with van der Waals surface area (Å²) in [6.07, 6.45) is 2.47. The highest BCUT2D eigenvalue weighted by Crippen LogP contribution is 2.24. The molecule has 2 atom stereocenters. The van der Waals surface area contributed by atoms with Gasteiger partial charge in [-0.3, -0.25) is 9.69 Å². The summed E-state index contributed by atoms with van der Waals surface area (Å²) in [5.41, 5.74) is 0.439. The van der Waals surface area contributed by atoms with E-state index in [0.29, 0.717) is 50.9 Å². The summed E-state index contributed by atoms with van der Waals surface area (Å²) < 4.78 is 38.4. The van der Waals surface area contributed by atoms with Crippen LogP contribution in [0.4, 0.5) is 0 Å². The number of piperidine rings is 1. The Kier molecular flexibility index (Phi) is 7.51. The van der Waals surface area contributed by atoms with E-state index in [4.69, 9.17) is 9.47 Å². The van der Waals surface area contributed by atoms with Gasteiger partial charge in [-0.05, 0) is 50.8 Å². The lowest BCUT2D eigenvalue weighted by Gasteiger charge is -2.39. The number of rotatable bonds is 5. The first kappa shape index (κ1) is 23.6. The van der Waals surface area contributed by atoms with Crippen LogP contribution in [0.3, 0.4) is 0 Å². The van der Waals surface area contributed by atoms with Gasteiger partial charge in [-0.25, -0.2) is 8.42 Å². The van der Waals surface area contributed by atoms with Crippen LogP contribution in [0, 0.1) is 5.92 Å². The van der Waals surface area contributed by atoms with Gasteiger partial charge in [0.25, 0.3) is 5.91 Å². The number of hydrogen-bond donors (Lipinski definition) is 0. The number of sulfonamides is 1. The molecule has 0 unspecified atom stereocenters. The molecule has 3 aliphatic heterocycles. The van der Waals surface area contributed by atoms with Gasteiger partial charge in [0.15, 0.2) is 0 Å². The number of likely N-dealkylation sites (tertiary alicyclic amines) is 1. The number of carbonyl (C=O) groups is 1. The summed E-state index contributed by atoms with van der Waals surface area (Å²) in [6, 6.07) is 6.46. The van der Waals surface area contributed by atoms with Gasteiger partial charge in [0.2, 0.25) is 10.0 Å². The second-order valence-corrected chi connectivity index (χ2v) is 11.2. The highest BCUT2D eigenvalue weighted by atomic mass is 32.2. The van der Waals surface area contributed by atoms with Crippen LogP contribution in [0.25, 0.3) is 0 Å². The Morgan fingerprint density at radius 2 is 1.69 bits per heavy atom. The van der Waals surface area contributed by atoms with Gasteiger partial charge < -0.3 is 14.4 Å². The Morgan fingerprint density at radius 1 is 1.03 bits per heavy atom. The van der Waals surface area contributed by atoms with Gasteiger partial charge in [0.1, 0.15) is 0 Å². The minimum absolute atomic E-state index is 0.0869. The molecule has 1 amide bonds. The van der Waals surface area contributed by atoms with E-state index < -0.39 is 10.0 Å². The van der Waals surface area contributed by atoms with Gasteiger partial charge in [-0.1, -0.05) is 6.07 Å². The Morgan fingerprint density at radius 3 is 2.34 bits per heavy atom. The number of benzene rings is 1. The number of amides is 1. The van der Waals surface area contributed by atoms with Crippen LogP contribution >= 0.6 is 0 Å². The zero-order valence-corrected chi connectivity index (χ0v) is 19.9. The molecule has 1 aromatic rings. The predicted octanol–water partition coefficient (Wildman–Crippen LogP) is 1.67. The standard InChI is InChI=1S/C23H35N3O5S/c1-18-15-24(16-19(2)31-18)17-20-6-8-25(9-7-20)23(27)21-4-3-5-22(14-21)32(28,29)26-10-12-30-13-11-26/h3-5,14,18-20H,6-13,15-17H2,1-2H3/t18-,19-/m0/s1. The normalized spacial score (nSPS) is 26.9. The number of morpholine rings is 2. The van der Waals surface area contributed by atoms with Crippen molar-refractivity contribution in [2.24, 2.45) is 5.92 Å². The molecule has 3 heterocycles. The van der Waals surface area contributed by atoms with Crippen molar-refractivity contribution in [3.05, 3.63) is 29.8 Å². The van der Waals surface area contributed by atoms with E-state index in [-0.39, 0.29) is 23.0 Å². The summed E-state index contributed by atoms with van der Waals surface area (Å²) in [4.78, 5) is 17.6. The largest absolute Gasteiger partial charge is 0.379 e. The highest BCUT2D eigenvalue weighted by molar-refractivity contribution is 7.89. The van der Waals surface area contributed by atoms with E-state index in [0.717, 1.165) is 32.5 Å². The molecule has 0 spiro atoms. The van der Waals surface area contributed by atoms with Gasteiger partial charge in [-0.2, -0.15) is 4.31 Å². The third-order valence-corrected chi connectivity index (χ3v) is 8.50. The Bertz CT molecular complexity index is 885. The number of nitrogens with zero attached hydrogens (tertiary/aromatic N) is 3. The maximum atomic E-state index is 13.1. The van der Waals surface area contributed by atoms with Crippen molar-refractivity contribution in [2.45, 2.75) is 43.8 Å². The smallest absolute Gasteiger partial charge is 0.253 e. The molecule has 178 valence electrons. The minimum Gasteiger partial charge on any atom is -0.379 e. The molecule has 3 aliphatic rings. The van der Waals surface area contributed by atoms with Crippen molar-refractivity contribution in [2.75, 3.05) is 59.0 Å². The zero-order valence-electron chi connectivity index (χ0n) is 19.1. The molecule has 3 fully saturated rings. The van der Waals surface area contributed by atoms with Crippen LogP contribution in [0.1, 0.15) is 37.0 Å². The summed E-state index contributed by atoms with van der Waals surface area (Å²) in [7, 11) is -3.62. The first-order valence-electron chi connectivity index (χ1n) is 11.7. The first-order valence-corrected chi connectivity index (χ1v) is 13.1. The van der Waals surface area contributed by atoms with Crippen LogP contribution in [0.2, 0.25) is 0 Å². The summed E-state index contributed by atoms with van der Waals surface area (Å²) >= 11 is 0. The molecule has 0 aliphatic carbocycles. The van der Waals surface area contributed by atoms with Gasteiger partial charge in [-0.15, -0.1) is 0 Å². The molecule has 3 saturated heterocycles. The lowest BCUT2D eigenvalue weighted by Crippen LogP contribution is -2.48. The van der Waals surface area contributed by atoms with Crippen molar-refractivity contribution in [3.63, 3.8) is 0 Å². The van der Waals surface area contributed by atoms with Gasteiger partial charge in [0.05, 0.1) is 30.3 Å². The average molecular weight is 466 g/mol. The van der Waals surface area contributed by atoms with Crippen LogP contribution in [0.15, 0.2) is 29.2 Å². The second kappa shape index (κ2) is 10.2. The molecule has 32 heavy (non-hydrogen) atoms. The van der Waals surface area contributed by atoms with Crippen molar-refractivity contribution in [3.8, 4) is 0 Å². The molecule has 0 saturated carbocycles. The number of hydrogen-bond acceptors (Lipinski definition) is 6. The van der Waals surface area contributed by atoms with Gasteiger partial charge >= 0.3 is 0 Å². The Labute approximate surface area is 191 Å². The Balaban J connectivity index is 1.35. The zero-order chi connectivity index (χ0) is 22.7. The Hall–Kier alpha value is -1.52. The maximum Gasteiger partial charge on any atom is 0.253 e. The van der Waals surface area contributed by atoms with Crippen molar-refractivity contribution in [1.29, 1.82) is 0 Å². The summed E-state index contributed by atoms with van der Waals surface area (Å²) in [6.45, 7) is 10.1. The third-order valence-electron chi connectivity index (χ3n) is 6.60. The van der Waals surface area contributed by atoms with E-state index in [9.17, 15) is 13.2 Å². The van der Waals surface area contributed by atoms with Crippen LogP contribution in [-0.4, -0.2) is 99.7 Å². The summed E-state index contributed by atoms with van der Waals surface area (Å²) in [5, 5.41) is 0. The van der Waals surface area contributed by atoms with Gasteiger partial charge in [0, 0.05) is 51.4 Å². The van der Waals surface area contributed by atoms with E-state index >= 15 is 0 Å². The molecule has 0 radical (unpaired) electrons. The van der Waals surface area contributed by atoms with E-state index in [1.165, 1.54) is 10.4 Å². The predicted molar refractivity (Wildman–Crippen MR) is 121 cm³/mol. The van der Waals surface area contributed by atoms with Crippen LogP contribution < -0.4 is 0 Å². The SMILES string of the molecule is C[C@H]1CN(CC2CCN(C(=O)c3cccc(S(=O)(=O)N4CCOCC4)c3)CC2)C[C@H](C)O1. The molecule has 0 bridgehead atoms. The molecule has 4 rings (SSSR count). The molecular formula is C23H35N3O5S. The topological polar surface area (TPSA) is 79.4 Å². The van der Waals surface area contributed by atoms with Crippen LogP contribution in [-0.2, 0) is 19.5 Å². The highest BCUT2D eigenvalue weighted by Gasteiger charge is 2.30. The molecule has 1 aromatic carbocycles. The third kappa shape index (κ3) is 5.51. The molecule has 0 aromatic heterocycles. The quantitative estimate of drug-likeness (QED) is 0.658. The fourth-order valence-electron chi connectivity index (χ4n) is 5.03. The maximum absolute atomic E-state index is 13.1. The molecule has 9 heteroatoms. The fraction of sp³-hybridized carbons (Fsp3) is 0.696. The lowest BCUT2D eigenvalue weighted by molar-refractivity contribution is -0.0728. The molecule has 0 N–H and O–H groups in total. The lowest BCUT2D eigenvalue weighted by atomic mass is 9.95. The molecular weight excluding hydrogens is 430 g/mol. The van der Waals surface area contributed by atoms with Crippen molar-refractivity contribution in [1.82, 2.24) is 14.1 Å². The minimum atomic E-state index is -3.62. The number of carbonyl (C=O) groups excluding carboxylic acids is 1. The van der Waals surface area contributed by atoms with E-state index in [2.05, 4.69) is 18.7 Å². The van der Waals surface area contributed by atoms with E-state index in [1.54, 1.807) is 18.2 Å². The average Bonchev–Trinajstić information content (AvgIpc) is 2.79. The van der Waals surface area contributed by atoms with Crippen LogP contribution in [0.5, 0.6) is 0 Å². The summed E-state index contributed by atoms with van der Waals surface area (Å²) in [5.74, 6) is 0.487. The van der Waals surface area contributed by atoms with E-state index in [1.807, 2.05) is 4.90 Å². The number of ether oxygens (including phenoxy) is 2. The monoisotopic (exact) mass is 465 g/mol. The fourth-order valence-corrected chi connectivity index (χ4v) is 6.48. The molecule has 8 nitrogen and oxygen atoms in total. The van der Waals surface area contributed by atoms with Crippen molar-refractivity contribution < 1.29 is 22.7 Å². The first-order chi connectivity index (χ1) is 15.3. The van der Waals surface area contributed by atoms with Crippen molar-refractivity contribution >= 4 is 15.9 Å². The second-order valence-electron chi connectivity index (χ2n) is 9.26.